The number of nitrogen functional groups attached to an aromatic ring is 1. The van der Waals surface area contributed by atoms with E-state index < -0.39 is 5.82 Å². The van der Waals surface area contributed by atoms with Crippen LogP contribution in [0.4, 0.5) is 15.8 Å². The first-order valence-electron chi connectivity index (χ1n) is 5.57. The summed E-state index contributed by atoms with van der Waals surface area (Å²) in [5, 5.41) is 3.11. The highest BCUT2D eigenvalue weighted by atomic mass is 35.5. The average Bonchev–Trinajstić information content (AvgIpc) is 2.42. The van der Waals surface area contributed by atoms with E-state index in [1.807, 2.05) is 6.07 Å². The molecule has 0 aliphatic carbocycles. The summed E-state index contributed by atoms with van der Waals surface area (Å²) >= 11 is 5.71. The lowest BCUT2D eigenvalue weighted by Crippen LogP contribution is -2.03. The van der Waals surface area contributed by atoms with Gasteiger partial charge in [0.05, 0.1) is 23.5 Å². The Morgan fingerprint density at radius 2 is 2.21 bits per heavy atom. The number of pyridine rings is 1. The molecule has 6 heteroatoms. The minimum atomic E-state index is -0.532. The van der Waals surface area contributed by atoms with Gasteiger partial charge in [0.1, 0.15) is 5.82 Å². The van der Waals surface area contributed by atoms with Gasteiger partial charge in [0.25, 0.3) is 0 Å². The summed E-state index contributed by atoms with van der Waals surface area (Å²) in [4.78, 5) is 4.08. The number of aromatic nitrogens is 1. The Balaban J connectivity index is 2.07. The lowest BCUT2D eigenvalue weighted by atomic mass is 10.2. The van der Waals surface area contributed by atoms with Gasteiger partial charge < -0.3 is 15.8 Å². The maximum absolute atomic E-state index is 13.1. The minimum absolute atomic E-state index is 0.0320. The van der Waals surface area contributed by atoms with Gasteiger partial charge >= 0.3 is 0 Å². The van der Waals surface area contributed by atoms with E-state index in [9.17, 15) is 4.39 Å². The normalized spacial score (nSPS) is 10.3. The predicted molar refractivity (Wildman–Crippen MR) is 73.9 cm³/mol. The van der Waals surface area contributed by atoms with Crippen LogP contribution in [0.15, 0.2) is 30.5 Å². The first kappa shape index (κ1) is 13.4. The zero-order valence-corrected chi connectivity index (χ0v) is 11.0. The fourth-order valence-electron chi connectivity index (χ4n) is 1.55. The number of nitrogens with two attached hydrogens (primary N) is 1. The molecular weight excluding hydrogens is 269 g/mol. The molecule has 19 heavy (non-hydrogen) atoms. The quantitative estimate of drug-likeness (QED) is 0.846. The summed E-state index contributed by atoms with van der Waals surface area (Å²) in [5.74, 6) is 0.0175. The third kappa shape index (κ3) is 3.26. The van der Waals surface area contributed by atoms with Crippen molar-refractivity contribution in [2.24, 2.45) is 0 Å². The van der Waals surface area contributed by atoms with E-state index in [2.05, 4.69) is 10.3 Å². The number of hydrogen-bond acceptors (Lipinski definition) is 4. The Bertz CT molecular complexity index is 575. The fraction of sp³-hybridized carbons (Fsp3) is 0.154. The number of benzene rings is 1. The van der Waals surface area contributed by atoms with Crippen LogP contribution < -0.4 is 15.8 Å². The van der Waals surface area contributed by atoms with E-state index in [1.165, 1.54) is 12.1 Å². The van der Waals surface area contributed by atoms with Crippen molar-refractivity contribution in [1.29, 1.82) is 0 Å². The second-order valence-electron chi connectivity index (χ2n) is 3.92. The van der Waals surface area contributed by atoms with Crippen LogP contribution in [-0.2, 0) is 6.54 Å². The maximum atomic E-state index is 13.1. The van der Waals surface area contributed by atoms with Crippen molar-refractivity contribution >= 4 is 23.0 Å². The lowest BCUT2D eigenvalue weighted by molar-refractivity contribution is 0.397. The average molecular weight is 282 g/mol. The summed E-state index contributed by atoms with van der Waals surface area (Å²) in [6, 6.07) is 6.29. The third-order valence-electron chi connectivity index (χ3n) is 2.58. The molecule has 1 heterocycles. The number of anilines is 2. The third-order valence-corrected chi connectivity index (χ3v) is 2.87. The second kappa shape index (κ2) is 5.75. The number of nitrogens with zero attached hydrogens (tertiary/aromatic N) is 1. The van der Waals surface area contributed by atoms with Crippen molar-refractivity contribution in [3.63, 3.8) is 0 Å². The summed E-state index contributed by atoms with van der Waals surface area (Å²) in [7, 11) is 1.56. The summed E-state index contributed by atoms with van der Waals surface area (Å²) in [5.41, 5.74) is 7.54. The van der Waals surface area contributed by atoms with Gasteiger partial charge in [-0.25, -0.2) is 9.37 Å². The molecule has 2 aromatic rings. The van der Waals surface area contributed by atoms with Gasteiger partial charge in [0.15, 0.2) is 0 Å². The topological polar surface area (TPSA) is 60.2 Å². The first-order valence-corrected chi connectivity index (χ1v) is 5.95. The molecule has 0 fully saturated rings. The number of methoxy groups -OCH3 is 1. The van der Waals surface area contributed by atoms with Gasteiger partial charge in [-0.2, -0.15) is 0 Å². The zero-order chi connectivity index (χ0) is 13.8. The molecule has 3 N–H and O–H groups in total. The Morgan fingerprint density at radius 3 is 2.84 bits per heavy atom. The van der Waals surface area contributed by atoms with Gasteiger partial charge in [-0.15, -0.1) is 0 Å². The molecule has 100 valence electrons. The second-order valence-corrected chi connectivity index (χ2v) is 4.32. The van der Waals surface area contributed by atoms with Crippen LogP contribution in [0.3, 0.4) is 0 Å². The van der Waals surface area contributed by atoms with Crippen LogP contribution in [0.2, 0.25) is 5.02 Å². The van der Waals surface area contributed by atoms with Crippen LogP contribution in [0.1, 0.15) is 5.56 Å². The molecule has 0 amide bonds. The molecule has 0 bridgehead atoms. The highest BCUT2D eigenvalue weighted by Crippen LogP contribution is 2.26. The van der Waals surface area contributed by atoms with Crippen LogP contribution >= 0.6 is 11.6 Å². The number of halogens is 2. The van der Waals surface area contributed by atoms with Crippen LogP contribution in [-0.4, -0.2) is 12.1 Å². The highest BCUT2D eigenvalue weighted by Gasteiger charge is 2.06. The van der Waals surface area contributed by atoms with Gasteiger partial charge in [-0.05, 0) is 11.6 Å². The van der Waals surface area contributed by atoms with E-state index in [0.717, 1.165) is 5.56 Å². The summed E-state index contributed by atoms with van der Waals surface area (Å²) < 4.78 is 18.1. The van der Waals surface area contributed by atoms with Crippen LogP contribution in [0, 0.1) is 5.82 Å². The van der Waals surface area contributed by atoms with Crippen LogP contribution in [0.25, 0.3) is 0 Å². The monoisotopic (exact) mass is 281 g/mol. The maximum Gasteiger partial charge on any atom is 0.212 e. The van der Waals surface area contributed by atoms with Gasteiger partial charge in [-0.1, -0.05) is 17.7 Å². The van der Waals surface area contributed by atoms with Crippen molar-refractivity contribution in [2.45, 2.75) is 6.54 Å². The van der Waals surface area contributed by atoms with E-state index in [4.69, 9.17) is 22.1 Å². The number of ether oxygens (including phenoxy) is 1. The smallest absolute Gasteiger partial charge is 0.212 e. The fourth-order valence-corrected chi connectivity index (χ4v) is 1.71. The van der Waals surface area contributed by atoms with E-state index in [-0.39, 0.29) is 5.02 Å². The predicted octanol–water partition coefficient (Wildman–Crippen LogP) is 3.08. The Hall–Kier alpha value is -2.01. The molecule has 4 nitrogen and oxygen atoms in total. The molecule has 1 aromatic heterocycles. The standard InChI is InChI=1S/C13H13ClFN3O/c1-19-13-3-2-8(7-18-13)6-17-12-4-9(14)10(15)5-11(12)16/h2-5,7,17H,6,16H2,1H3. The van der Waals surface area contributed by atoms with Gasteiger partial charge in [0.2, 0.25) is 5.88 Å². The largest absolute Gasteiger partial charge is 0.481 e. The Labute approximate surface area is 115 Å². The Morgan fingerprint density at radius 1 is 1.42 bits per heavy atom. The van der Waals surface area contributed by atoms with Gasteiger partial charge in [-0.3, -0.25) is 0 Å². The molecule has 0 aliphatic rings. The van der Waals surface area contributed by atoms with Crippen molar-refractivity contribution < 1.29 is 9.13 Å². The number of nitrogens with one attached hydrogen (secondary N) is 1. The van der Waals surface area contributed by atoms with Crippen molar-refractivity contribution in [1.82, 2.24) is 4.98 Å². The first-order chi connectivity index (χ1) is 9.10. The molecule has 0 radical (unpaired) electrons. The van der Waals surface area contributed by atoms with Crippen molar-refractivity contribution in [2.75, 3.05) is 18.2 Å². The molecule has 0 saturated carbocycles. The van der Waals surface area contributed by atoms with Crippen molar-refractivity contribution in [3.8, 4) is 5.88 Å². The molecule has 0 aliphatic heterocycles. The number of rotatable bonds is 4. The Kier molecular flexibility index (Phi) is 4.06. The summed E-state index contributed by atoms with van der Waals surface area (Å²) in [6.45, 7) is 0.503. The minimum Gasteiger partial charge on any atom is -0.481 e. The van der Waals surface area contributed by atoms with Crippen LogP contribution in [0.5, 0.6) is 5.88 Å². The highest BCUT2D eigenvalue weighted by molar-refractivity contribution is 6.31. The van der Waals surface area contributed by atoms with E-state index in [0.29, 0.717) is 23.8 Å². The molecule has 0 unspecified atom stereocenters. The molecule has 0 saturated heterocycles. The van der Waals surface area contributed by atoms with Crippen molar-refractivity contribution in [3.05, 3.63) is 46.9 Å². The molecule has 0 spiro atoms. The van der Waals surface area contributed by atoms with E-state index >= 15 is 0 Å². The zero-order valence-electron chi connectivity index (χ0n) is 10.3. The molecular formula is C13H13ClFN3O. The summed E-state index contributed by atoms with van der Waals surface area (Å²) in [6.07, 6.45) is 1.69. The molecule has 0 atom stereocenters. The molecule has 2 rings (SSSR count). The van der Waals surface area contributed by atoms with Gasteiger partial charge in [0, 0.05) is 24.9 Å². The number of hydrogen-bond donors (Lipinski definition) is 2. The lowest BCUT2D eigenvalue weighted by Gasteiger charge is -2.10. The molecule has 1 aromatic carbocycles. The van der Waals surface area contributed by atoms with E-state index in [1.54, 1.807) is 19.4 Å². The SMILES string of the molecule is COc1ccc(CNc2cc(Cl)c(F)cc2N)cn1.